The molecule has 2 aromatic carbocycles. The van der Waals surface area contributed by atoms with Gasteiger partial charge in [0.15, 0.2) is 17.3 Å². The van der Waals surface area contributed by atoms with E-state index < -0.39 is 6.04 Å². The molecular formula is C24H25N5O5. The number of nitrogens with one attached hydrogen (secondary N) is 1. The molecule has 0 amide bonds. The number of fused-ring (bicyclic) bond motifs is 1. The second kappa shape index (κ2) is 8.69. The number of hydrogen-bond acceptors (Lipinski definition) is 9. The molecule has 1 N–H and O–H groups in total. The molecule has 1 aromatic heterocycles. The van der Waals surface area contributed by atoms with Gasteiger partial charge in [0.05, 0.1) is 28.4 Å². The minimum Gasteiger partial charge on any atom is -0.497 e. The van der Waals surface area contributed by atoms with Gasteiger partial charge in [0.25, 0.3) is 0 Å². The number of aromatic nitrogens is 4. The smallest absolute Gasteiger partial charge is 0.248 e. The monoisotopic (exact) mass is 463 g/mol. The number of benzene rings is 2. The number of ketones is 1. The summed E-state index contributed by atoms with van der Waals surface area (Å²) in [4.78, 5) is 13.6. The normalized spacial score (nSPS) is 19.1. The molecule has 2 atom stereocenters. The zero-order valence-corrected chi connectivity index (χ0v) is 19.4. The molecule has 0 radical (unpaired) electrons. The number of nitrogens with zero attached hydrogens (tertiary/aromatic N) is 4. The lowest BCUT2D eigenvalue weighted by Crippen LogP contribution is -2.33. The van der Waals surface area contributed by atoms with E-state index >= 15 is 0 Å². The number of rotatable bonds is 6. The van der Waals surface area contributed by atoms with Crippen LogP contribution in [0.1, 0.15) is 35.9 Å². The van der Waals surface area contributed by atoms with Crippen molar-refractivity contribution < 1.29 is 23.7 Å². The minimum atomic E-state index is -0.569. The van der Waals surface area contributed by atoms with E-state index in [4.69, 9.17) is 18.9 Å². The number of hydrogen-bond donors (Lipinski definition) is 1. The summed E-state index contributed by atoms with van der Waals surface area (Å²) in [6, 6.07) is 10.9. The Morgan fingerprint density at radius 3 is 2.35 bits per heavy atom. The lowest BCUT2D eigenvalue weighted by molar-refractivity contribution is -0.116. The Hall–Kier alpha value is -4.08. The first-order chi connectivity index (χ1) is 16.6. The van der Waals surface area contributed by atoms with Crippen LogP contribution < -0.4 is 24.3 Å². The third-order valence-electron chi connectivity index (χ3n) is 6.40. The minimum absolute atomic E-state index is 0.0255. The zero-order chi connectivity index (χ0) is 23.8. The van der Waals surface area contributed by atoms with Crippen molar-refractivity contribution in [2.45, 2.75) is 24.8 Å². The van der Waals surface area contributed by atoms with E-state index in [0.29, 0.717) is 47.2 Å². The molecule has 176 valence electrons. The van der Waals surface area contributed by atoms with Gasteiger partial charge in [0, 0.05) is 23.3 Å². The first-order valence-corrected chi connectivity index (χ1v) is 10.8. The molecule has 2 heterocycles. The van der Waals surface area contributed by atoms with Crippen molar-refractivity contribution in [1.82, 2.24) is 20.2 Å². The molecule has 3 aromatic rings. The molecule has 0 saturated heterocycles. The maximum Gasteiger partial charge on any atom is 0.248 e. The quantitative estimate of drug-likeness (QED) is 0.589. The second-order valence-electron chi connectivity index (χ2n) is 8.09. The fraction of sp³-hybridized carbons (Fsp3) is 0.333. The number of carbonyl (C=O) groups is 1. The van der Waals surface area contributed by atoms with Crippen molar-refractivity contribution >= 4 is 11.7 Å². The summed E-state index contributed by atoms with van der Waals surface area (Å²) in [6.07, 6.45) is 1.02. The number of Topliss-reactive ketones (excluding diaryl/α,β-unsaturated/α-hetero) is 1. The number of allylic oxidation sites excluding steroid dienone is 2. The zero-order valence-electron chi connectivity index (χ0n) is 19.4. The van der Waals surface area contributed by atoms with Gasteiger partial charge in [-0.1, -0.05) is 17.2 Å². The highest BCUT2D eigenvalue weighted by Crippen LogP contribution is 2.49. The van der Waals surface area contributed by atoms with Gasteiger partial charge in [-0.2, -0.15) is 4.68 Å². The molecule has 2 aliphatic rings. The largest absolute Gasteiger partial charge is 0.497 e. The Labute approximate surface area is 196 Å². The third-order valence-corrected chi connectivity index (χ3v) is 6.40. The van der Waals surface area contributed by atoms with Gasteiger partial charge < -0.3 is 24.3 Å². The summed E-state index contributed by atoms with van der Waals surface area (Å²) in [5.41, 5.74) is 3.21. The Balaban J connectivity index is 1.62. The molecule has 5 rings (SSSR count). The molecule has 1 aliphatic carbocycles. The van der Waals surface area contributed by atoms with Crippen LogP contribution in [0.4, 0.5) is 5.95 Å². The number of methoxy groups -OCH3 is 4. The standard InChI is InChI=1S/C24H25N5O5/c1-31-15-7-5-13(6-8-15)14-11-17-20(18(30)12-14)21(29-24(25-17)26-27-28-29)16-9-10-19(32-2)23(34-4)22(16)33-3/h5-10,14,21H,11-12H2,1-4H3,(H,25,26,28). The van der Waals surface area contributed by atoms with Gasteiger partial charge in [-0.05, 0) is 52.6 Å². The van der Waals surface area contributed by atoms with Gasteiger partial charge >= 0.3 is 0 Å². The maximum absolute atomic E-state index is 13.6. The van der Waals surface area contributed by atoms with Gasteiger partial charge in [-0.25, -0.2) is 0 Å². The van der Waals surface area contributed by atoms with Crippen LogP contribution in [0.3, 0.4) is 0 Å². The molecule has 1 aliphatic heterocycles. The van der Waals surface area contributed by atoms with E-state index in [1.54, 1.807) is 39.2 Å². The summed E-state index contributed by atoms with van der Waals surface area (Å²) < 4.78 is 23.6. The van der Waals surface area contributed by atoms with Crippen molar-refractivity contribution in [2.75, 3.05) is 33.8 Å². The Kier molecular flexibility index (Phi) is 5.56. The average molecular weight is 463 g/mol. The van der Waals surface area contributed by atoms with E-state index in [-0.39, 0.29) is 11.7 Å². The van der Waals surface area contributed by atoms with Crippen LogP contribution in [0.15, 0.2) is 47.7 Å². The summed E-state index contributed by atoms with van der Waals surface area (Å²) in [7, 11) is 6.30. The van der Waals surface area contributed by atoms with Crippen LogP contribution in [0.2, 0.25) is 0 Å². The number of carbonyl (C=O) groups excluding carboxylic acids is 1. The molecule has 10 nitrogen and oxygen atoms in total. The molecule has 34 heavy (non-hydrogen) atoms. The first-order valence-electron chi connectivity index (χ1n) is 10.8. The summed E-state index contributed by atoms with van der Waals surface area (Å²) >= 11 is 0. The molecule has 0 bridgehead atoms. The SMILES string of the molecule is COc1ccc(C2CC(=O)C3=C(C2)Nc2nnnn2C3c2ccc(OC)c(OC)c2OC)cc1. The number of anilines is 1. The van der Waals surface area contributed by atoms with Crippen LogP contribution in [0.5, 0.6) is 23.0 Å². The van der Waals surface area contributed by atoms with E-state index in [0.717, 1.165) is 17.0 Å². The van der Waals surface area contributed by atoms with Crippen molar-refractivity contribution in [3.63, 3.8) is 0 Å². The molecule has 2 unspecified atom stereocenters. The van der Waals surface area contributed by atoms with Crippen molar-refractivity contribution in [1.29, 1.82) is 0 Å². The molecule has 0 saturated carbocycles. The third kappa shape index (κ3) is 3.42. The van der Waals surface area contributed by atoms with Crippen LogP contribution in [0.25, 0.3) is 0 Å². The fourth-order valence-corrected chi connectivity index (χ4v) is 4.81. The summed E-state index contributed by atoms with van der Waals surface area (Å²) in [5, 5.41) is 15.4. The van der Waals surface area contributed by atoms with E-state index in [2.05, 4.69) is 20.8 Å². The highest BCUT2D eigenvalue weighted by molar-refractivity contribution is 6.00. The molecular weight excluding hydrogens is 438 g/mol. The van der Waals surface area contributed by atoms with Gasteiger partial charge in [-0.3, -0.25) is 4.79 Å². The number of ether oxygens (including phenoxy) is 4. The molecule has 10 heteroatoms. The van der Waals surface area contributed by atoms with Gasteiger partial charge in [0.1, 0.15) is 11.8 Å². The van der Waals surface area contributed by atoms with Crippen LogP contribution in [-0.2, 0) is 4.79 Å². The predicted octanol–water partition coefficient (Wildman–Crippen LogP) is 3.12. The fourth-order valence-electron chi connectivity index (χ4n) is 4.81. The molecule has 0 spiro atoms. The van der Waals surface area contributed by atoms with E-state index in [1.807, 2.05) is 30.3 Å². The van der Waals surface area contributed by atoms with Crippen LogP contribution >= 0.6 is 0 Å². The van der Waals surface area contributed by atoms with Gasteiger partial charge in [0.2, 0.25) is 11.7 Å². The predicted molar refractivity (Wildman–Crippen MR) is 123 cm³/mol. The lowest BCUT2D eigenvalue weighted by Gasteiger charge is -2.35. The van der Waals surface area contributed by atoms with Crippen molar-refractivity contribution in [2.24, 2.45) is 0 Å². The average Bonchev–Trinajstić information content (AvgIpc) is 3.34. The van der Waals surface area contributed by atoms with Crippen LogP contribution in [0, 0.1) is 0 Å². The molecule has 0 fully saturated rings. The van der Waals surface area contributed by atoms with Crippen LogP contribution in [-0.4, -0.2) is 54.4 Å². The Bertz CT molecular complexity index is 1270. The summed E-state index contributed by atoms with van der Waals surface area (Å²) in [6.45, 7) is 0. The van der Waals surface area contributed by atoms with Gasteiger partial charge in [-0.15, -0.1) is 0 Å². The maximum atomic E-state index is 13.6. The number of tetrazole rings is 1. The van der Waals surface area contributed by atoms with E-state index in [9.17, 15) is 4.79 Å². The summed E-state index contributed by atoms with van der Waals surface area (Å²) in [5.74, 6) is 2.73. The van der Waals surface area contributed by atoms with Crippen molar-refractivity contribution in [3.05, 3.63) is 58.8 Å². The Morgan fingerprint density at radius 1 is 0.912 bits per heavy atom. The van der Waals surface area contributed by atoms with Crippen molar-refractivity contribution in [3.8, 4) is 23.0 Å². The Morgan fingerprint density at radius 2 is 1.68 bits per heavy atom. The highest BCUT2D eigenvalue weighted by atomic mass is 16.5. The second-order valence-corrected chi connectivity index (χ2v) is 8.09. The van der Waals surface area contributed by atoms with E-state index in [1.165, 1.54) is 0 Å². The lowest BCUT2D eigenvalue weighted by atomic mass is 9.77. The topological polar surface area (TPSA) is 110 Å². The first kappa shape index (κ1) is 21.7. The highest BCUT2D eigenvalue weighted by Gasteiger charge is 2.41.